The van der Waals surface area contributed by atoms with Crippen LogP contribution in [-0.2, 0) is 5.66 Å². The van der Waals surface area contributed by atoms with Crippen LogP contribution in [0.15, 0.2) is 77.4 Å². The fourth-order valence-corrected chi connectivity index (χ4v) is 4.61. The van der Waals surface area contributed by atoms with E-state index < -0.39 is 5.66 Å². The molecule has 1 aliphatic rings. The zero-order valence-electron chi connectivity index (χ0n) is 18.1. The number of H-pyrrole nitrogens is 1. The number of rotatable bonds is 5. The van der Waals surface area contributed by atoms with Gasteiger partial charge < -0.3 is 25.1 Å². The lowest BCUT2D eigenvalue weighted by atomic mass is 10.0. The average Bonchev–Trinajstić information content (AvgIpc) is 3.41. The third-order valence-electron chi connectivity index (χ3n) is 5.94. The molecule has 2 heterocycles. The maximum absolute atomic E-state index is 5.35. The lowest BCUT2D eigenvalue weighted by molar-refractivity contribution is 0.411. The number of benzene rings is 3. The molecule has 0 radical (unpaired) electrons. The number of nitrogens with one attached hydrogen (secondary N) is 3. The molecule has 4 aromatic rings. The fourth-order valence-electron chi connectivity index (χ4n) is 4.25. The molecule has 0 aliphatic carbocycles. The summed E-state index contributed by atoms with van der Waals surface area (Å²) in [5.74, 6) is 1.66. The molecule has 0 saturated heterocycles. The van der Waals surface area contributed by atoms with Crippen LogP contribution >= 0.6 is 15.9 Å². The maximum atomic E-state index is 5.35. The summed E-state index contributed by atoms with van der Waals surface area (Å²) in [6.07, 6.45) is 2.07. The highest BCUT2D eigenvalue weighted by Gasteiger charge is 2.37. The normalized spacial score (nSPS) is 14.9. The van der Waals surface area contributed by atoms with Gasteiger partial charge in [-0.05, 0) is 73.7 Å². The molecule has 5 nitrogen and oxygen atoms in total. The smallest absolute Gasteiger partial charge is 0.134 e. The van der Waals surface area contributed by atoms with Crippen molar-refractivity contribution in [2.24, 2.45) is 0 Å². The second kappa shape index (κ2) is 7.95. The average molecular weight is 490 g/mol. The lowest BCUT2D eigenvalue weighted by Gasteiger charge is -2.28. The highest BCUT2D eigenvalue weighted by Crippen LogP contribution is 2.39. The van der Waals surface area contributed by atoms with Crippen LogP contribution in [0.1, 0.15) is 23.6 Å². The van der Waals surface area contributed by atoms with Gasteiger partial charge in [0, 0.05) is 38.3 Å². The van der Waals surface area contributed by atoms with Crippen LogP contribution in [0.3, 0.4) is 0 Å². The molecule has 1 aliphatic heterocycles. The van der Waals surface area contributed by atoms with Crippen LogP contribution < -0.4 is 20.1 Å². The van der Waals surface area contributed by atoms with Crippen molar-refractivity contribution in [3.63, 3.8) is 0 Å². The van der Waals surface area contributed by atoms with Crippen molar-refractivity contribution in [3.8, 4) is 11.5 Å². The summed E-state index contributed by atoms with van der Waals surface area (Å²) >= 11 is 3.61. The molecule has 1 aromatic heterocycles. The molecular formula is C26H24BrN3O2. The van der Waals surface area contributed by atoms with Crippen molar-refractivity contribution in [1.82, 2.24) is 15.6 Å². The SMILES string of the molecule is COc1ccc(C2=C(c3ccc(OC)cc3)NC(C)(c3c[nH]c4ccc(Br)cc34)N2)cc1. The van der Waals surface area contributed by atoms with Gasteiger partial charge in [-0.15, -0.1) is 0 Å². The maximum Gasteiger partial charge on any atom is 0.134 e. The molecule has 0 spiro atoms. The Hall–Kier alpha value is -3.38. The molecule has 0 unspecified atom stereocenters. The van der Waals surface area contributed by atoms with Gasteiger partial charge in [0.1, 0.15) is 17.2 Å². The molecule has 0 bridgehead atoms. The Labute approximate surface area is 195 Å². The van der Waals surface area contributed by atoms with Crippen LogP contribution in [-0.4, -0.2) is 19.2 Å². The van der Waals surface area contributed by atoms with Gasteiger partial charge in [-0.1, -0.05) is 15.9 Å². The molecule has 32 heavy (non-hydrogen) atoms. The molecule has 5 rings (SSSR count). The van der Waals surface area contributed by atoms with Gasteiger partial charge in [0.15, 0.2) is 0 Å². The Balaban J connectivity index is 1.62. The topological polar surface area (TPSA) is 58.3 Å². The van der Waals surface area contributed by atoms with E-state index in [2.05, 4.69) is 81.1 Å². The summed E-state index contributed by atoms with van der Waals surface area (Å²) in [6.45, 7) is 2.16. The van der Waals surface area contributed by atoms with Crippen LogP contribution in [0, 0.1) is 0 Å². The molecule has 0 atom stereocenters. The Morgan fingerprint density at radius 3 is 1.78 bits per heavy atom. The standard InChI is InChI=1S/C26H24BrN3O2/c1-26(22-15-28-23-13-8-18(27)14-21(22)23)29-24(16-4-9-19(31-2)10-5-16)25(30-26)17-6-11-20(32-3)12-7-17/h4-15,28-30H,1-3H3. The Morgan fingerprint density at radius 1 is 0.750 bits per heavy atom. The second-order valence-corrected chi connectivity index (χ2v) is 8.89. The highest BCUT2D eigenvalue weighted by molar-refractivity contribution is 9.10. The number of ether oxygens (including phenoxy) is 2. The molecule has 0 saturated carbocycles. The molecule has 6 heteroatoms. The van der Waals surface area contributed by atoms with Gasteiger partial charge >= 0.3 is 0 Å². The van der Waals surface area contributed by atoms with E-state index in [9.17, 15) is 0 Å². The number of aromatic nitrogens is 1. The summed E-state index contributed by atoms with van der Waals surface area (Å²) in [5, 5.41) is 8.71. The van der Waals surface area contributed by atoms with E-state index in [1.165, 1.54) is 0 Å². The summed E-state index contributed by atoms with van der Waals surface area (Å²) in [4.78, 5) is 3.40. The van der Waals surface area contributed by atoms with E-state index in [1.54, 1.807) is 14.2 Å². The minimum atomic E-state index is -0.510. The van der Waals surface area contributed by atoms with E-state index in [1.807, 2.05) is 30.3 Å². The van der Waals surface area contributed by atoms with Gasteiger partial charge in [-0.25, -0.2) is 0 Å². The van der Waals surface area contributed by atoms with Gasteiger partial charge in [0.2, 0.25) is 0 Å². The van der Waals surface area contributed by atoms with Gasteiger partial charge in [-0.3, -0.25) is 0 Å². The lowest BCUT2D eigenvalue weighted by Crippen LogP contribution is -2.43. The van der Waals surface area contributed by atoms with Crippen molar-refractivity contribution in [3.05, 3.63) is 94.1 Å². The van der Waals surface area contributed by atoms with Crippen LogP contribution in [0.25, 0.3) is 22.3 Å². The molecule has 0 amide bonds. The molecule has 3 N–H and O–H groups in total. The van der Waals surface area contributed by atoms with Crippen molar-refractivity contribution < 1.29 is 9.47 Å². The van der Waals surface area contributed by atoms with Crippen LogP contribution in [0.4, 0.5) is 0 Å². The first-order valence-electron chi connectivity index (χ1n) is 10.4. The second-order valence-electron chi connectivity index (χ2n) is 7.97. The fraction of sp³-hybridized carbons (Fsp3) is 0.154. The molecular weight excluding hydrogens is 466 g/mol. The minimum Gasteiger partial charge on any atom is -0.497 e. The number of fused-ring (bicyclic) bond motifs is 1. The van der Waals surface area contributed by atoms with Crippen molar-refractivity contribution >= 4 is 38.2 Å². The van der Waals surface area contributed by atoms with Gasteiger partial charge in [-0.2, -0.15) is 0 Å². The summed E-state index contributed by atoms with van der Waals surface area (Å²) in [6, 6.07) is 22.5. The first kappa shape index (κ1) is 20.5. The summed E-state index contributed by atoms with van der Waals surface area (Å²) in [5.41, 5.74) is 5.95. The minimum absolute atomic E-state index is 0.510. The van der Waals surface area contributed by atoms with Crippen molar-refractivity contribution in [1.29, 1.82) is 0 Å². The number of hydrogen-bond donors (Lipinski definition) is 3. The number of methoxy groups -OCH3 is 2. The number of aromatic amines is 1. The number of hydrogen-bond acceptors (Lipinski definition) is 4. The van der Waals surface area contributed by atoms with E-state index in [0.29, 0.717) is 0 Å². The molecule has 3 aromatic carbocycles. The van der Waals surface area contributed by atoms with Crippen molar-refractivity contribution in [2.45, 2.75) is 12.6 Å². The van der Waals surface area contributed by atoms with E-state index in [0.717, 1.165) is 55.0 Å². The number of halogens is 1. The van der Waals surface area contributed by atoms with E-state index in [-0.39, 0.29) is 0 Å². The van der Waals surface area contributed by atoms with Crippen LogP contribution in [0.2, 0.25) is 0 Å². The summed E-state index contributed by atoms with van der Waals surface area (Å²) < 4.78 is 11.8. The first-order chi connectivity index (χ1) is 15.5. The summed E-state index contributed by atoms with van der Waals surface area (Å²) in [7, 11) is 3.36. The van der Waals surface area contributed by atoms with Crippen molar-refractivity contribution in [2.75, 3.05) is 14.2 Å². The Morgan fingerprint density at radius 2 is 1.28 bits per heavy atom. The molecule has 0 fully saturated rings. The quantitative estimate of drug-likeness (QED) is 0.329. The van der Waals surface area contributed by atoms with Crippen LogP contribution in [0.5, 0.6) is 11.5 Å². The zero-order valence-corrected chi connectivity index (χ0v) is 19.7. The largest absolute Gasteiger partial charge is 0.497 e. The predicted molar refractivity (Wildman–Crippen MR) is 132 cm³/mol. The van der Waals surface area contributed by atoms with Gasteiger partial charge in [0.25, 0.3) is 0 Å². The highest BCUT2D eigenvalue weighted by atomic mass is 79.9. The molecule has 162 valence electrons. The third-order valence-corrected chi connectivity index (χ3v) is 6.43. The third kappa shape index (κ3) is 3.50. The van der Waals surface area contributed by atoms with E-state index in [4.69, 9.17) is 9.47 Å². The Bertz CT molecular complexity index is 1250. The van der Waals surface area contributed by atoms with Gasteiger partial charge in [0.05, 0.1) is 25.6 Å². The zero-order chi connectivity index (χ0) is 22.3. The monoisotopic (exact) mass is 489 g/mol. The first-order valence-corrected chi connectivity index (χ1v) is 11.2. The van der Waals surface area contributed by atoms with E-state index >= 15 is 0 Å². The Kier molecular flexibility index (Phi) is 5.10. The predicted octanol–water partition coefficient (Wildman–Crippen LogP) is 5.84.